The minimum Gasteiger partial charge on any atom is -0.460 e. The smallest absolute Gasteiger partial charge is 0.318 e. The molecule has 4 rings (SSSR count). The Morgan fingerprint density at radius 2 is 2.05 bits per heavy atom. The molecule has 0 N–H and O–H groups in total. The van der Waals surface area contributed by atoms with Crippen LogP contribution in [-0.4, -0.2) is 25.6 Å². The average Bonchev–Trinajstić information content (AvgIpc) is 2.91. The first-order valence-corrected chi connectivity index (χ1v) is 8.11. The third-order valence-corrected chi connectivity index (χ3v) is 4.55. The maximum atomic E-state index is 5.85. The molecule has 0 saturated heterocycles. The van der Waals surface area contributed by atoms with Gasteiger partial charge in [-0.05, 0) is 46.8 Å². The Bertz CT molecular complexity index is 826. The highest BCUT2D eigenvalue weighted by atomic mass is 79.9. The maximum absolute atomic E-state index is 5.85. The zero-order valence-corrected chi connectivity index (χ0v) is 13.7. The van der Waals surface area contributed by atoms with Crippen molar-refractivity contribution in [1.82, 2.24) is 19.5 Å². The monoisotopic (exact) mass is 358 g/mol. The Morgan fingerprint density at radius 3 is 2.86 bits per heavy atom. The van der Waals surface area contributed by atoms with Gasteiger partial charge in [-0.15, -0.1) is 0 Å². The van der Waals surface area contributed by atoms with E-state index in [0.717, 1.165) is 40.1 Å². The fourth-order valence-corrected chi connectivity index (χ4v) is 3.15. The standard InChI is InChI=1S/C16H15BrN4O/c1-10-6-11(7-10)22-16-18-8-12(17)15(20-16)21-9-19-13-4-2-3-5-14(13)21/h2-5,8-11H,6-7H2,1H3. The number of hydrogen-bond acceptors (Lipinski definition) is 4. The van der Waals surface area contributed by atoms with E-state index in [9.17, 15) is 0 Å². The van der Waals surface area contributed by atoms with E-state index in [4.69, 9.17) is 4.74 Å². The van der Waals surface area contributed by atoms with Crippen molar-refractivity contribution in [2.24, 2.45) is 5.92 Å². The van der Waals surface area contributed by atoms with Gasteiger partial charge < -0.3 is 4.74 Å². The molecule has 0 unspecified atom stereocenters. The number of benzene rings is 1. The van der Waals surface area contributed by atoms with E-state index in [2.05, 4.69) is 37.8 Å². The minimum absolute atomic E-state index is 0.239. The van der Waals surface area contributed by atoms with Gasteiger partial charge in [-0.3, -0.25) is 4.57 Å². The highest BCUT2D eigenvalue weighted by Gasteiger charge is 2.28. The first-order valence-electron chi connectivity index (χ1n) is 7.32. The van der Waals surface area contributed by atoms with Crippen LogP contribution in [0.3, 0.4) is 0 Å². The van der Waals surface area contributed by atoms with E-state index in [-0.39, 0.29) is 6.10 Å². The Morgan fingerprint density at radius 1 is 1.23 bits per heavy atom. The number of ether oxygens (including phenoxy) is 1. The number of rotatable bonds is 3. The summed E-state index contributed by atoms with van der Waals surface area (Å²) in [6.45, 7) is 2.23. The van der Waals surface area contributed by atoms with Crippen LogP contribution in [0.2, 0.25) is 0 Å². The molecule has 0 amide bonds. The van der Waals surface area contributed by atoms with Gasteiger partial charge in [0.2, 0.25) is 0 Å². The van der Waals surface area contributed by atoms with Crippen LogP contribution in [0.1, 0.15) is 19.8 Å². The number of halogens is 1. The number of nitrogens with zero attached hydrogens (tertiary/aromatic N) is 4. The van der Waals surface area contributed by atoms with Gasteiger partial charge in [0.1, 0.15) is 12.4 Å². The van der Waals surface area contributed by atoms with Crippen LogP contribution in [-0.2, 0) is 0 Å². The van der Waals surface area contributed by atoms with Crippen LogP contribution in [0.15, 0.2) is 41.3 Å². The summed E-state index contributed by atoms with van der Waals surface area (Å²) in [6, 6.07) is 8.39. The van der Waals surface area contributed by atoms with E-state index in [0.29, 0.717) is 6.01 Å². The third-order valence-electron chi connectivity index (χ3n) is 3.99. The second-order valence-corrected chi connectivity index (χ2v) is 6.60. The molecule has 5 nitrogen and oxygen atoms in total. The molecule has 0 radical (unpaired) electrons. The molecule has 22 heavy (non-hydrogen) atoms. The van der Waals surface area contributed by atoms with Gasteiger partial charge in [-0.1, -0.05) is 19.1 Å². The highest BCUT2D eigenvalue weighted by molar-refractivity contribution is 9.10. The van der Waals surface area contributed by atoms with Crippen molar-refractivity contribution in [2.75, 3.05) is 0 Å². The van der Waals surface area contributed by atoms with Gasteiger partial charge in [0, 0.05) is 0 Å². The summed E-state index contributed by atoms with van der Waals surface area (Å²) in [5.41, 5.74) is 1.94. The molecule has 0 bridgehead atoms. The second kappa shape index (κ2) is 5.35. The lowest BCUT2D eigenvalue weighted by atomic mass is 9.84. The average molecular weight is 359 g/mol. The number of imidazole rings is 1. The molecule has 1 aliphatic carbocycles. The van der Waals surface area contributed by atoms with Crippen LogP contribution < -0.4 is 4.74 Å². The molecular weight excluding hydrogens is 344 g/mol. The Labute approximate surface area is 136 Å². The molecule has 0 spiro atoms. The molecule has 112 valence electrons. The molecule has 2 aromatic heterocycles. The molecule has 1 saturated carbocycles. The SMILES string of the molecule is CC1CC(Oc2ncc(Br)c(-n3cnc4ccccc43)n2)C1. The summed E-state index contributed by atoms with van der Waals surface area (Å²) in [4.78, 5) is 13.2. The van der Waals surface area contributed by atoms with E-state index >= 15 is 0 Å². The van der Waals surface area contributed by atoms with Crippen molar-refractivity contribution < 1.29 is 4.74 Å². The van der Waals surface area contributed by atoms with Crippen molar-refractivity contribution in [2.45, 2.75) is 25.9 Å². The number of fused-ring (bicyclic) bond motifs is 1. The van der Waals surface area contributed by atoms with Gasteiger partial charge in [0.25, 0.3) is 0 Å². The maximum Gasteiger partial charge on any atom is 0.318 e. The van der Waals surface area contributed by atoms with E-state index in [1.807, 2.05) is 28.8 Å². The zero-order chi connectivity index (χ0) is 15.1. The van der Waals surface area contributed by atoms with E-state index in [1.165, 1.54) is 0 Å². The van der Waals surface area contributed by atoms with Crippen molar-refractivity contribution in [3.05, 3.63) is 41.3 Å². The summed E-state index contributed by atoms with van der Waals surface area (Å²) < 4.78 is 8.60. The van der Waals surface area contributed by atoms with Gasteiger partial charge in [0.05, 0.1) is 21.7 Å². The largest absolute Gasteiger partial charge is 0.460 e. The topological polar surface area (TPSA) is 52.8 Å². The summed E-state index contributed by atoms with van der Waals surface area (Å²) >= 11 is 3.52. The molecule has 3 aromatic rings. The van der Waals surface area contributed by atoms with Crippen LogP contribution in [0.25, 0.3) is 16.9 Å². The van der Waals surface area contributed by atoms with Crippen LogP contribution in [0, 0.1) is 5.92 Å². The normalized spacial score (nSPS) is 20.8. The molecular formula is C16H15BrN4O. The van der Waals surface area contributed by atoms with E-state index in [1.54, 1.807) is 12.5 Å². The van der Waals surface area contributed by atoms with Crippen LogP contribution in [0.4, 0.5) is 0 Å². The first-order chi connectivity index (χ1) is 10.7. The Kier molecular flexibility index (Phi) is 3.33. The fourth-order valence-electron chi connectivity index (χ4n) is 2.77. The van der Waals surface area contributed by atoms with Gasteiger partial charge >= 0.3 is 6.01 Å². The lowest BCUT2D eigenvalue weighted by molar-refractivity contribution is 0.0648. The predicted octanol–water partition coefficient (Wildman–Crippen LogP) is 3.76. The third kappa shape index (κ3) is 2.37. The van der Waals surface area contributed by atoms with Crippen LogP contribution in [0.5, 0.6) is 6.01 Å². The van der Waals surface area contributed by atoms with Crippen molar-refractivity contribution >= 4 is 27.0 Å². The molecule has 0 atom stereocenters. The van der Waals surface area contributed by atoms with Crippen molar-refractivity contribution in [3.8, 4) is 11.8 Å². The second-order valence-electron chi connectivity index (χ2n) is 5.74. The number of para-hydroxylation sites is 2. The summed E-state index contributed by atoms with van der Waals surface area (Å²) in [7, 11) is 0. The molecule has 1 fully saturated rings. The van der Waals surface area contributed by atoms with Crippen LogP contribution >= 0.6 is 15.9 Å². The minimum atomic E-state index is 0.239. The zero-order valence-electron chi connectivity index (χ0n) is 12.1. The number of hydrogen-bond donors (Lipinski definition) is 0. The highest BCUT2D eigenvalue weighted by Crippen LogP contribution is 2.30. The Balaban J connectivity index is 1.71. The first kappa shape index (κ1) is 13.7. The van der Waals surface area contributed by atoms with Gasteiger partial charge in [0.15, 0.2) is 5.82 Å². The predicted molar refractivity (Wildman–Crippen MR) is 87.2 cm³/mol. The lowest BCUT2D eigenvalue weighted by Gasteiger charge is -2.31. The molecule has 1 aliphatic rings. The van der Waals surface area contributed by atoms with Crippen molar-refractivity contribution in [1.29, 1.82) is 0 Å². The summed E-state index contributed by atoms with van der Waals surface area (Å²) in [6.07, 6.45) is 5.89. The van der Waals surface area contributed by atoms with Gasteiger partial charge in [-0.2, -0.15) is 4.98 Å². The summed E-state index contributed by atoms with van der Waals surface area (Å²) in [5.74, 6) is 1.48. The molecule has 0 aliphatic heterocycles. The molecule has 1 aromatic carbocycles. The van der Waals surface area contributed by atoms with E-state index < -0.39 is 0 Å². The van der Waals surface area contributed by atoms with Crippen molar-refractivity contribution in [3.63, 3.8) is 0 Å². The quantitative estimate of drug-likeness (QED) is 0.715. The molecule has 2 heterocycles. The summed E-state index contributed by atoms with van der Waals surface area (Å²) in [5, 5.41) is 0. The lowest BCUT2D eigenvalue weighted by Crippen LogP contribution is -2.32. The number of aromatic nitrogens is 4. The Hall–Kier alpha value is -1.95. The van der Waals surface area contributed by atoms with Gasteiger partial charge in [-0.25, -0.2) is 9.97 Å². The fraction of sp³-hybridized carbons (Fsp3) is 0.312. The molecule has 6 heteroatoms.